The molecule has 0 unspecified atom stereocenters. The summed E-state index contributed by atoms with van der Waals surface area (Å²) in [6.45, 7) is 7.64. The highest BCUT2D eigenvalue weighted by atomic mass is 16.5. The first-order chi connectivity index (χ1) is 14.3. The average molecular weight is 419 g/mol. The molecular formula is C24H38N2O4. The van der Waals surface area contributed by atoms with Gasteiger partial charge in [0, 0.05) is 25.7 Å². The van der Waals surface area contributed by atoms with E-state index in [0.717, 1.165) is 25.7 Å². The first-order valence-electron chi connectivity index (χ1n) is 11.5. The van der Waals surface area contributed by atoms with Gasteiger partial charge in [-0.15, -0.1) is 5.92 Å². The highest BCUT2D eigenvalue weighted by Gasteiger charge is 2.52. The third-order valence-corrected chi connectivity index (χ3v) is 6.18. The third kappa shape index (κ3) is 7.04. The van der Waals surface area contributed by atoms with Gasteiger partial charge in [0.1, 0.15) is 12.1 Å². The van der Waals surface area contributed by atoms with Gasteiger partial charge in [-0.05, 0) is 26.7 Å². The van der Waals surface area contributed by atoms with Gasteiger partial charge in [0.05, 0.1) is 12.1 Å². The predicted molar refractivity (Wildman–Crippen MR) is 116 cm³/mol. The van der Waals surface area contributed by atoms with Crippen molar-refractivity contribution in [3.05, 3.63) is 0 Å². The van der Waals surface area contributed by atoms with E-state index in [4.69, 9.17) is 4.74 Å². The zero-order chi connectivity index (χ0) is 22.1. The Labute approximate surface area is 181 Å². The van der Waals surface area contributed by atoms with Crippen molar-refractivity contribution < 1.29 is 19.1 Å². The number of nitrogens with one attached hydrogen (secondary N) is 1. The summed E-state index contributed by atoms with van der Waals surface area (Å²) in [5, 5.41) is 3.09. The Morgan fingerprint density at radius 3 is 2.43 bits per heavy atom. The van der Waals surface area contributed by atoms with E-state index in [1.54, 1.807) is 11.8 Å². The molecule has 2 aliphatic rings. The lowest BCUT2D eigenvalue weighted by Gasteiger charge is -2.25. The van der Waals surface area contributed by atoms with Crippen LogP contribution in [0.3, 0.4) is 0 Å². The van der Waals surface area contributed by atoms with Gasteiger partial charge >= 0.3 is 5.97 Å². The lowest BCUT2D eigenvalue weighted by atomic mass is 10.1. The van der Waals surface area contributed by atoms with Gasteiger partial charge in [0.25, 0.3) is 0 Å². The van der Waals surface area contributed by atoms with Crippen LogP contribution >= 0.6 is 0 Å². The number of hydrogen-bond donors (Lipinski definition) is 1. The second kappa shape index (κ2) is 11.4. The molecule has 1 heterocycles. The van der Waals surface area contributed by atoms with Crippen molar-refractivity contribution in [1.29, 1.82) is 0 Å². The predicted octanol–water partition coefficient (Wildman–Crippen LogP) is 3.58. The van der Waals surface area contributed by atoms with Gasteiger partial charge < -0.3 is 15.0 Å². The Balaban J connectivity index is 1.89. The minimum Gasteiger partial charge on any atom is -0.461 e. The molecule has 0 bridgehead atoms. The van der Waals surface area contributed by atoms with Crippen LogP contribution in [0.25, 0.3) is 0 Å². The van der Waals surface area contributed by atoms with Crippen LogP contribution in [0, 0.1) is 17.8 Å². The molecule has 2 fully saturated rings. The highest BCUT2D eigenvalue weighted by Crippen LogP contribution is 2.42. The van der Waals surface area contributed by atoms with Crippen LogP contribution in [0.4, 0.5) is 0 Å². The van der Waals surface area contributed by atoms with Crippen molar-refractivity contribution in [2.24, 2.45) is 5.92 Å². The SMILES string of the molecule is CC#C[C@@H]1C[C@]1(C)NC(=O)[C@@H]1C[C@@H](OC(C)=O)CN1C(=O)CCCCCCCCC. The summed E-state index contributed by atoms with van der Waals surface area (Å²) in [5.74, 6) is 5.61. The van der Waals surface area contributed by atoms with Gasteiger partial charge in [-0.3, -0.25) is 14.4 Å². The number of carbonyl (C=O) groups is 3. The summed E-state index contributed by atoms with van der Waals surface area (Å²) >= 11 is 0. The van der Waals surface area contributed by atoms with Crippen molar-refractivity contribution in [3.63, 3.8) is 0 Å². The average Bonchev–Trinajstić information content (AvgIpc) is 3.11. The lowest BCUT2D eigenvalue weighted by Crippen LogP contribution is -2.49. The molecule has 1 saturated carbocycles. The number of esters is 1. The van der Waals surface area contributed by atoms with Crippen LogP contribution in [0.2, 0.25) is 0 Å². The Morgan fingerprint density at radius 1 is 1.13 bits per heavy atom. The molecule has 2 rings (SSSR count). The summed E-state index contributed by atoms with van der Waals surface area (Å²) in [7, 11) is 0. The maximum atomic E-state index is 13.0. The summed E-state index contributed by atoms with van der Waals surface area (Å²) < 4.78 is 5.32. The third-order valence-electron chi connectivity index (χ3n) is 6.18. The highest BCUT2D eigenvalue weighted by molar-refractivity contribution is 5.89. The molecular weight excluding hydrogens is 380 g/mol. The Bertz CT molecular complexity index is 680. The molecule has 0 aromatic heterocycles. The second-order valence-corrected chi connectivity index (χ2v) is 8.96. The molecule has 1 aliphatic carbocycles. The Hall–Kier alpha value is -2.03. The smallest absolute Gasteiger partial charge is 0.302 e. The standard InChI is InChI=1S/C24H38N2O4/c1-5-7-8-9-10-11-12-14-22(28)26-17-20(30-18(3)27)15-21(26)23(29)25-24(4)16-19(24)13-6-2/h19-21H,5,7-12,14-17H2,1-4H3,(H,25,29)/t19-,20-,21+,24+/m1/s1. The first-order valence-corrected chi connectivity index (χ1v) is 11.5. The van der Waals surface area contributed by atoms with Crippen molar-refractivity contribution in [1.82, 2.24) is 10.2 Å². The minimum absolute atomic E-state index is 0.0239. The van der Waals surface area contributed by atoms with E-state index in [1.807, 2.05) is 6.92 Å². The molecule has 6 nitrogen and oxygen atoms in total. The molecule has 0 aromatic carbocycles. The number of carbonyl (C=O) groups excluding carboxylic acids is 3. The van der Waals surface area contributed by atoms with Crippen LogP contribution < -0.4 is 5.32 Å². The summed E-state index contributed by atoms with van der Waals surface area (Å²) in [6, 6.07) is -0.584. The lowest BCUT2D eigenvalue weighted by molar-refractivity contribution is -0.146. The van der Waals surface area contributed by atoms with Gasteiger partial charge in [0.15, 0.2) is 0 Å². The number of nitrogens with zero attached hydrogens (tertiary/aromatic N) is 1. The van der Waals surface area contributed by atoms with E-state index in [1.165, 1.54) is 32.6 Å². The number of hydrogen-bond acceptors (Lipinski definition) is 4. The minimum atomic E-state index is -0.584. The van der Waals surface area contributed by atoms with Crippen LogP contribution in [0.5, 0.6) is 0 Å². The molecule has 0 radical (unpaired) electrons. The Kier molecular flexibility index (Phi) is 9.20. The van der Waals surface area contributed by atoms with Gasteiger partial charge in [-0.2, -0.15) is 0 Å². The van der Waals surface area contributed by atoms with Crippen molar-refractivity contribution in [3.8, 4) is 11.8 Å². The number of amides is 2. The largest absolute Gasteiger partial charge is 0.461 e. The van der Waals surface area contributed by atoms with E-state index in [2.05, 4.69) is 24.1 Å². The normalized spacial score (nSPS) is 27.2. The molecule has 0 spiro atoms. The summed E-state index contributed by atoms with van der Waals surface area (Å²) in [4.78, 5) is 38.8. The quantitative estimate of drug-likeness (QED) is 0.316. The maximum absolute atomic E-state index is 13.0. The van der Waals surface area contributed by atoms with E-state index >= 15 is 0 Å². The van der Waals surface area contributed by atoms with E-state index < -0.39 is 12.1 Å². The van der Waals surface area contributed by atoms with Gasteiger partial charge in [-0.1, -0.05) is 51.4 Å². The number of ether oxygens (including phenoxy) is 1. The Morgan fingerprint density at radius 2 is 1.80 bits per heavy atom. The van der Waals surface area contributed by atoms with E-state index in [0.29, 0.717) is 19.4 Å². The molecule has 1 N–H and O–H groups in total. The fourth-order valence-corrected chi connectivity index (χ4v) is 4.27. The number of rotatable bonds is 11. The van der Waals surface area contributed by atoms with Crippen LogP contribution in [0.15, 0.2) is 0 Å². The fourth-order valence-electron chi connectivity index (χ4n) is 4.27. The topological polar surface area (TPSA) is 75.7 Å². The number of unbranched alkanes of at least 4 members (excludes halogenated alkanes) is 6. The van der Waals surface area contributed by atoms with Gasteiger partial charge in [-0.25, -0.2) is 0 Å². The molecule has 1 aliphatic heterocycles. The van der Waals surface area contributed by atoms with Crippen molar-refractivity contribution >= 4 is 17.8 Å². The zero-order valence-corrected chi connectivity index (χ0v) is 19.1. The summed E-state index contributed by atoms with van der Waals surface area (Å²) in [5.41, 5.74) is -0.327. The molecule has 30 heavy (non-hydrogen) atoms. The molecule has 168 valence electrons. The fraction of sp³-hybridized carbons (Fsp3) is 0.792. The van der Waals surface area contributed by atoms with Gasteiger partial charge in [0.2, 0.25) is 11.8 Å². The molecule has 0 aromatic rings. The van der Waals surface area contributed by atoms with Crippen molar-refractivity contribution in [2.45, 2.75) is 110 Å². The molecule has 2 amide bonds. The summed E-state index contributed by atoms with van der Waals surface area (Å²) in [6.07, 6.45) is 9.17. The monoisotopic (exact) mass is 418 g/mol. The zero-order valence-electron chi connectivity index (χ0n) is 19.1. The van der Waals surface area contributed by atoms with E-state index in [9.17, 15) is 14.4 Å². The van der Waals surface area contributed by atoms with E-state index in [-0.39, 0.29) is 29.2 Å². The molecule has 6 heteroatoms. The molecule has 4 atom stereocenters. The van der Waals surface area contributed by atoms with Crippen LogP contribution in [0.1, 0.15) is 91.9 Å². The number of likely N-dealkylation sites (tertiary alicyclic amines) is 1. The maximum Gasteiger partial charge on any atom is 0.302 e. The van der Waals surface area contributed by atoms with Crippen molar-refractivity contribution in [2.75, 3.05) is 6.54 Å². The van der Waals surface area contributed by atoms with Crippen LogP contribution in [-0.4, -0.2) is 46.9 Å². The van der Waals surface area contributed by atoms with Crippen LogP contribution in [-0.2, 0) is 19.1 Å². The first kappa shape index (κ1) is 24.2. The molecule has 1 saturated heterocycles. The second-order valence-electron chi connectivity index (χ2n) is 8.96.